The normalized spacial score (nSPS) is 17.2. The van der Waals surface area contributed by atoms with Gasteiger partial charge in [0.25, 0.3) is 0 Å². The van der Waals surface area contributed by atoms with Crippen LogP contribution < -0.4 is 4.90 Å². The summed E-state index contributed by atoms with van der Waals surface area (Å²) in [7, 11) is 0. The Bertz CT molecular complexity index is 341. The van der Waals surface area contributed by atoms with Gasteiger partial charge in [-0.25, -0.2) is 0 Å². The molecule has 1 nitrogen and oxygen atoms in total. The van der Waals surface area contributed by atoms with Crippen molar-refractivity contribution in [2.24, 2.45) is 0 Å². The topological polar surface area (TPSA) is 3.24 Å². The van der Waals surface area contributed by atoms with Gasteiger partial charge < -0.3 is 4.90 Å². The summed E-state index contributed by atoms with van der Waals surface area (Å²) in [6, 6.07) is 6.82. The molecule has 0 N–H and O–H groups in total. The average molecular weight is 282 g/mol. The second-order valence-electron chi connectivity index (χ2n) is 4.67. The van der Waals surface area contributed by atoms with Gasteiger partial charge >= 0.3 is 0 Å². The average Bonchev–Trinajstić information content (AvgIpc) is 2.57. The third-order valence-corrected chi connectivity index (χ3v) is 3.93. The number of anilines is 1. The molecule has 0 aromatic heterocycles. The number of hydrogen-bond donors (Lipinski definition) is 0. The van der Waals surface area contributed by atoms with Gasteiger partial charge in [-0.05, 0) is 31.4 Å². The van der Waals surface area contributed by atoms with Crippen LogP contribution >= 0.6 is 15.9 Å². The zero-order valence-corrected chi connectivity index (χ0v) is 11.6. The molecule has 0 saturated carbocycles. The van der Waals surface area contributed by atoms with Crippen molar-refractivity contribution in [1.82, 2.24) is 0 Å². The SMILES string of the molecule is Cc1ccc(N2CCCCCC2)c(CBr)c1. The third-order valence-electron chi connectivity index (χ3n) is 3.33. The Hall–Kier alpha value is -0.500. The number of rotatable bonds is 2. The molecule has 0 spiro atoms. The maximum absolute atomic E-state index is 3.60. The van der Waals surface area contributed by atoms with E-state index in [9.17, 15) is 0 Å². The molecule has 2 heteroatoms. The van der Waals surface area contributed by atoms with E-state index in [0.717, 1.165) is 5.33 Å². The van der Waals surface area contributed by atoms with Crippen LogP contribution in [0.2, 0.25) is 0 Å². The molecular weight excluding hydrogens is 262 g/mol. The van der Waals surface area contributed by atoms with Crippen LogP contribution in [0.4, 0.5) is 5.69 Å². The Morgan fingerprint density at radius 2 is 1.81 bits per heavy atom. The lowest BCUT2D eigenvalue weighted by Crippen LogP contribution is -2.24. The standard InChI is InChI=1S/C14H20BrN/c1-12-6-7-14(13(10-12)11-15)16-8-4-2-3-5-9-16/h6-7,10H,2-5,8-9,11H2,1H3. The Labute approximate surface area is 107 Å². The third kappa shape index (κ3) is 2.79. The van der Waals surface area contributed by atoms with E-state index in [1.165, 1.54) is 55.6 Å². The van der Waals surface area contributed by atoms with Gasteiger partial charge in [-0.1, -0.05) is 46.5 Å². The summed E-state index contributed by atoms with van der Waals surface area (Å²) in [6.45, 7) is 4.62. The molecule has 1 saturated heterocycles. The quantitative estimate of drug-likeness (QED) is 0.732. The highest BCUT2D eigenvalue weighted by atomic mass is 79.9. The Balaban J connectivity index is 2.23. The fourth-order valence-corrected chi connectivity index (χ4v) is 2.89. The van der Waals surface area contributed by atoms with E-state index in [-0.39, 0.29) is 0 Å². The van der Waals surface area contributed by atoms with Crippen molar-refractivity contribution in [2.75, 3.05) is 18.0 Å². The molecule has 0 amide bonds. The molecule has 1 fully saturated rings. The number of aryl methyl sites for hydroxylation is 1. The largest absolute Gasteiger partial charge is 0.371 e. The molecule has 2 rings (SSSR count). The highest BCUT2D eigenvalue weighted by molar-refractivity contribution is 9.08. The van der Waals surface area contributed by atoms with Gasteiger partial charge in [0.05, 0.1) is 0 Å². The fraction of sp³-hybridized carbons (Fsp3) is 0.571. The minimum atomic E-state index is 0.959. The summed E-state index contributed by atoms with van der Waals surface area (Å²) in [5.74, 6) is 0. The number of halogens is 1. The van der Waals surface area contributed by atoms with Crippen LogP contribution in [0.15, 0.2) is 18.2 Å². The lowest BCUT2D eigenvalue weighted by molar-refractivity contribution is 0.726. The molecule has 88 valence electrons. The zero-order chi connectivity index (χ0) is 11.4. The first kappa shape index (κ1) is 12.0. The van der Waals surface area contributed by atoms with E-state index >= 15 is 0 Å². The summed E-state index contributed by atoms with van der Waals surface area (Å²) >= 11 is 3.60. The molecule has 0 aliphatic carbocycles. The van der Waals surface area contributed by atoms with Crippen LogP contribution in [0, 0.1) is 6.92 Å². The maximum atomic E-state index is 3.60. The Morgan fingerprint density at radius 3 is 2.44 bits per heavy atom. The van der Waals surface area contributed by atoms with Crippen LogP contribution in [0.25, 0.3) is 0 Å². The van der Waals surface area contributed by atoms with Crippen LogP contribution in [0.3, 0.4) is 0 Å². The molecule has 1 aliphatic rings. The fourth-order valence-electron chi connectivity index (χ4n) is 2.44. The summed E-state index contributed by atoms with van der Waals surface area (Å²) < 4.78 is 0. The van der Waals surface area contributed by atoms with Crippen molar-refractivity contribution in [2.45, 2.75) is 37.9 Å². The molecule has 1 aliphatic heterocycles. The molecule has 1 heterocycles. The van der Waals surface area contributed by atoms with Crippen molar-refractivity contribution in [3.63, 3.8) is 0 Å². The second kappa shape index (κ2) is 5.72. The van der Waals surface area contributed by atoms with Crippen molar-refractivity contribution < 1.29 is 0 Å². The van der Waals surface area contributed by atoms with E-state index in [2.05, 4.69) is 46.0 Å². The zero-order valence-electron chi connectivity index (χ0n) is 10.0. The number of hydrogen-bond acceptors (Lipinski definition) is 1. The maximum Gasteiger partial charge on any atom is 0.0407 e. The number of nitrogens with zero attached hydrogens (tertiary/aromatic N) is 1. The van der Waals surface area contributed by atoms with Gasteiger partial charge in [-0.2, -0.15) is 0 Å². The highest BCUT2D eigenvalue weighted by Crippen LogP contribution is 2.26. The minimum absolute atomic E-state index is 0.959. The molecule has 1 aromatic carbocycles. The van der Waals surface area contributed by atoms with Crippen molar-refractivity contribution >= 4 is 21.6 Å². The lowest BCUT2D eigenvalue weighted by Gasteiger charge is -2.25. The molecule has 1 aromatic rings. The van der Waals surface area contributed by atoms with Crippen molar-refractivity contribution in [3.8, 4) is 0 Å². The van der Waals surface area contributed by atoms with Crippen LogP contribution in [0.5, 0.6) is 0 Å². The van der Waals surface area contributed by atoms with Crippen LogP contribution in [0.1, 0.15) is 36.8 Å². The van der Waals surface area contributed by atoms with Gasteiger partial charge in [0, 0.05) is 24.1 Å². The van der Waals surface area contributed by atoms with Gasteiger partial charge in [0.15, 0.2) is 0 Å². The molecule has 0 unspecified atom stereocenters. The number of benzene rings is 1. The molecule has 16 heavy (non-hydrogen) atoms. The second-order valence-corrected chi connectivity index (χ2v) is 5.23. The predicted octanol–water partition coefficient (Wildman–Crippen LogP) is 4.27. The molecule has 0 atom stereocenters. The van der Waals surface area contributed by atoms with E-state index in [1.807, 2.05) is 0 Å². The van der Waals surface area contributed by atoms with Crippen molar-refractivity contribution in [1.29, 1.82) is 0 Å². The summed E-state index contributed by atoms with van der Waals surface area (Å²) in [5, 5.41) is 0.959. The lowest BCUT2D eigenvalue weighted by atomic mass is 10.1. The summed E-state index contributed by atoms with van der Waals surface area (Å²) in [6.07, 6.45) is 5.48. The van der Waals surface area contributed by atoms with E-state index in [0.29, 0.717) is 0 Å². The summed E-state index contributed by atoms with van der Waals surface area (Å²) in [4.78, 5) is 2.56. The van der Waals surface area contributed by atoms with E-state index in [1.54, 1.807) is 0 Å². The summed E-state index contributed by atoms with van der Waals surface area (Å²) in [5.41, 5.74) is 4.22. The van der Waals surface area contributed by atoms with E-state index in [4.69, 9.17) is 0 Å². The van der Waals surface area contributed by atoms with Crippen LogP contribution in [-0.4, -0.2) is 13.1 Å². The molecule has 0 bridgehead atoms. The first-order chi connectivity index (χ1) is 7.81. The van der Waals surface area contributed by atoms with Gasteiger partial charge in [0.2, 0.25) is 0 Å². The predicted molar refractivity (Wildman–Crippen MR) is 74.5 cm³/mol. The smallest absolute Gasteiger partial charge is 0.0407 e. The van der Waals surface area contributed by atoms with Gasteiger partial charge in [0.1, 0.15) is 0 Å². The monoisotopic (exact) mass is 281 g/mol. The van der Waals surface area contributed by atoms with Gasteiger partial charge in [-0.15, -0.1) is 0 Å². The molecular formula is C14H20BrN. The number of alkyl halides is 1. The van der Waals surface area contributed by atoms with E-state index < -0.39 is 0 Å². The van der Waals surface area contributed by atoms with Crippen molar-refractivity contribution in [3.05, 3.63) is 29.3 Å². The Morgan fingerprint density at radius 1 is 1.12 bits per heavy atom. The Kier molecular flexibility index (Phi) is 4.28. The van der Waals surface area contributed by atoms with Crippen LogP contribution in [-0.2, 0) is 5.33 Å². The first-order valence-electron chi connectivity index (χ1n) is 6.21. The van der Waals surface area contributed by atoms with Gasteiger partial charge in [-0.3, -0.25) is 0 Å². The minimum Gasteiger partial charge on any atom is -0.371 e. The first-order valence-corrected chi connectivity index (χ1v) is 7.34. The molecule has 0 radical (unpaired) electrons. The highest BCUT2D eigenvalue weighted by Gasteiger charge is 2.12.